The molecule has 0 aliphatic rings. The summed E-state index contributed by atoms with van der Waals surface area (Å²) in [5, 5.41) is 3.16. The van der Waals surface area contributed by atoms with Crippen LogP contribution in [0.25, 0.3) is 11.3 Å². The first-order valence-corrected chi connectivity index (χ1v) is 7.48. The molecule has 0 bridgehead atoms. The van der Waals surface area contributed by atoms with E-state index in [-0.39, 0.29) is 5.91 Å². The Bertz CT molecular complexity index is 834. The van der Waals surface area contributed by atoms with Gasteiger partial charge in [-0.25, -0.2) is 9.97 Å². The lowest BCUT2D eigenvalue weighted by Crippen LogP contribution is -2.22. The average molecular weight is 319 g/mol. The Kier molecular flexibility index (Phi) is 4.47. The topological polar surface area (TPSA) is 71.0 Å². The molecule has 2 aromatic heterocycles. The summed E-state index contributed by atoms with van der Waals surface area (Å²) >= 11 is 0. The number of pyridine rings is 1. The molecular formula is C18H17N5O. The van der Waals surface area contributed by atoms with Gasteiger partial charge in [0, 0.05) is 49.5 Å². The van der Waals surface area contributed by atoms with Gasteiger partial charge in [-0.15, -0.1) is 0 Å². The summed E-state index contributed by atoms with van der Waals surface area (Å²) in [6, 6.07) is 13.2. The molecule has 120 valence electrons. The Hall–Kier alpha value is -3.28. The van der Waals surface area contributed by atoms with Gasteiger partial charge in [0.25, 0.3) is 0 Å². The number of aromatic nitrogens is 3. The zero-order valence-electron chi connectivity index (χ0n) is 13.5. The van der Waals surface area contributed by atoms with E-state index in [0.717, 1.165) is 22.6 Å². The van der Waals surface area contributed by atoms with Crippen LogP contribution in [0.15, 0.2) is 61.1 Å². The van der Waals surface area contributed by atoms with Gasteiger partial charge >= 0.3 is 0 Å². The summed E-state index contributed by atoms with van der Waals surface area (Å²) in [4.78, 5) is 25.8. The SMILES string of the molecule is CC(=O)N(C)c1ccc(Nc2nccc(-c3cccnc3)n2)cc1. The number of carbonyl (C=O) groups excluding carboxylic acids is 1. The normalized spacial score (nSPS) is 10.2. The van der Waals surface area contributed by atoms with E-state index in [1.165, 1.54) is 6.92 Å². The van der Waals surface area contributed by atoms with Crippen molar-refractivity contribution in [3.05, 3.63) is 61.1 Å². The van der Waals surface area contributed by atoms with Crippen LogP contribution in [-0.4, -0.2) is 27.9 Å². The Labute approximate surface area is 140 Å². The van der Waals surface area contributed by atoms with Crippen molar-refractivity contribution in [3.8, 4) is 11.3 Å². The Morgan fingerprint density at radius 2 is 1.88 bits per heavy atom. The number of nitrogens with zero attached hydrogens (tertiary/aromatic N) is 4. The van der Waals surface area contributed by atoms with Gasteiger partial charge in [0.05, 0.1) is 5.69 Å². The highest BCUT2D eigenvalue weighted by Gasteiger charge is 2.06. The molecule has 0 radical (unpaired) electrons. The number of amides is 1. The third kappa shape index (κ3) is 3.55. The van der Waals surface area contributed by atoms with E-state index in [2.05, 4.69) is 20.3 Å². The van der Waals surface area contributed by atoms with E-state index >= 15 is 0 Å². The number of carbonyl (C=O) groups is 1. The van der Waals surface area contributed by atoms with E-state index in [1.807, 2.05) is 42.5 Å². The van der Waals surface area contributed by atoms with E-state index in [1.54, 1.807) is 30.5 Å². The van der Waals surface area contributed by atoms with Crippen molar-refractivity contribution in [2.45, 2.75) is 6.92 Å². The first kappa shape index (κ1) is 15.6. The summed E-state index contributed by atoms with van der Waals surface area (Å²) in [6.45, 7) is 1.53. The Balaban J connectivity index is 1.78. The molecule has 6 nitrogen and oxygen atoms in total. The summed E-state index contributed by atoms with van der Waals surface area (Å²) in [7, 11) is 1.74. The van der Waals surface area contributed by atoms with Gasteiger partial charge in [0.2, 0.25) is 11.9 Å². The summed E-state index contributed by atoms with van der Waals surface area (Å²) < 4.78 is 0. The van der Waals surface area contributed by atoms with Crippen LogP contribution in [0, 0.1) is 0 Å². The second-order valence-electron chi connectivity index (χ2n) is 5.26. The highest BCUT2D eigenvalue weighted by molar-refractivity contribution is 5.91. The molecule has 1 N–H and O–H groups in total. The summed E-state index contributed by atoms with van der Waals surface area (Å²) in [5.41, 5.74) is 3.41. The van der Waals surface area contributed by atoms with Crippen molar-refractivity contribution >= 4 is 23.2 Å². The summed E-state index contributed by atoms with van der Waals surface area (Å²) in [6.07, 6.45) is 5.19. The van der Waals surface area contributed by atoms with Crippen molar-refractivity contribution in [1.29, 1.82) is 0 Å². The van der Waals surface area contributed by atoms with Crippen LogP contribution in [0.3, 0.4) is 0 Å². The monoisotopic (exact) mass is 319 g/mol. The second-order valence-corrected chi connectivity index (χ2v) is 5.26. The lowest BCUT2D eigenvalue weighted by atomic mass is 10.2. The fourth-order valence-electron chi connectivity index (χ4n) is 2.17. The smallest absolute Gasteiger partial charge is 0.227 e. The summed E-state index contributed by atoms with van der Waals surface area (Å²) in [5.74, 6) is 0.493. The first-order valence-electron chi connectivity index (χ1n) is 7.48. The molecule has 0 saturated heterocycles. The minimum absolute atomic E-state index is 0.0109. The molecule has 24 heavy (non-hydrogen) atoms. The molecule has 0 saturated carbocycles. The van der Waals surface area contributed by atoms with Crippen molar-refractivity contribution < 1.29 is 4.79 Å². The van der Waals surface area contributed by atoms with Gasteiger partial charge in [-0.05, 0) is 42.5 Å². The van der Waals surface area contributed by atoms with E-state index in [9.17, 15) is 4.79 Å². The van der Waals surface area contributed by atoms with Crippen LogP contribution in [0.1, 0.15) is 6.92 Å². The second kappa shape index (κ2) is 6.87. The molecule has 0 aliphatic carbocycles. The van der Waals surface area contributed by atoms with E-state index in [0.29, 0.717) is 5.95 Å². The van der Waals surface area contributed by atoms with Crippen LogP contribution >= 0.6 is 0 Å². The van der Waals surface area contributed by atoms with Crippen molar-refractivity contribution in [1.82, 2.24) is 15.0 Å². The molecule has 1 aromatic carbocycles. The minimum Gasteiger partial charge on any atom is -0.324 e. The van der Waals surface area contributed by atoms with Gasteiger partial charge in [-0.2, -0.15) is 0 Å². The third-order valence-electron chi connectivity index (χ3n) is 3.60. The molecular weight excluding hydrogens is 302 g/mol. The number of anilines is 3. The van der Waals surface area contributed by atoms with Crippen molar-refractivity contribution in [3.63, 3.8) is 0 Å². The first-order chi connectivity index (χ1) is 11.6. The maximum atomic E-state index is 11.4. The van der Waals surface area contributed by atoms with Crippen LogP contribution in [-0.2, 0) is 4.79 Å². The lowest BCUT2D eigenvalue weighted by molar-refractivity contribution is -0.116. The van der Waals surface area contributed by atoms with E-state index in [4.69, 9.17) is 0 Å². The molecule has 0 fully saturated rings. The fraction of sp³-hybridized carbons (Fsp3) is 0.111. The quantitative estimate of drug-likeness (QED) is 0.799. The third-order valence-corrected chi connectivity index (χ3v) is 3.60. The molecule has 2 heterocycles. The molecule has 3 rings (SSSR count). The Morgan fingerprint density at radius 1 is 1.08 bits per heavy atom. The van der Waals surface area contributed by atoms with Gasteiger partial charge in [-0.3, -0.25) is 9.78 Å². The largest absolute Gasteiger partial charge is 0.324 e. The number of benzene rings is 1. The van der Waals surface area contributed by atoms with Gasteiger partial charge in [0.15, 0.2) is 0 Å². The highest BCUT2D eigenvalue weighted by Crippen LogP contribution is 2.21. The molecule has 0 aliphatic heterocycles. The van der Waals surface area contributed by atoms with Crippen molar-refractivity contribution in [2.24, 2.45) is 0 Å². The average Bonchev–Trinajstić information content (AvgIpc) is 2.63. The van der Waals surface area contributed by atoms with Crippen molar-refractivity contribution in [2.75, 3.05) is 17.3 Å². The van der Waals surface area contributed by atoms with Gasteiger partial charge in [0.1, 0.15) is 0 Å². The fourth-order valence-corrected chi connectivity index (χ4v) is 2.17. The molecule has 0 unspecified atom stereocenters. The predicted octanol–water partition coefficient (Wildman–Crippen LogP) is 3.26. The number of hydrogen-bond acceptors (Lipinski definition) is 5. The highest BCUT2D eigenvalue weighted by atomic mass is 16.2. The molecule has 6 heteroatoms. The zero-order valence-corrected chi connectivity index (χ0v) is 13.5. The number of nitrogens with one attached hydrogen (secondary N) is 1. The minimum atomic E-state index is -0.0109. The maximum absolute atomic E-state index is 11.4. The maximum Gasteiger partial charge on any atom is 0.227 e. The molecule has 0 atom stereocenters. The van der Waals surface area contributed by atoms with Crippen LogP contribution in [0.2, 0.25) is 0 Å². The van der Waals surface area contributed by atoms with Gasteiger partial charge in [-0.1, -0.05) is 0 Å². The number of hydrogen-bond donors (Lipinski definition) is 1. The van der Waals surface area contributed by atoms with E-state index < -0.39 is 0 Å². The Morgan fingerprint density at radius 3 is 2.54 bits per heavy atom. The molecule has 3 aromatic rings. The predicted molar refractivity (Wildman–Crippen MR) is 94.1 cm³/mol. The van der Waals surface area contributed by atoms with Crippen LogP contribution in [0.4, 0.5) is 17.3 Å². The van der Waals surface area contributed by atoms with Gasteiger partial charge < -0.3 is 10.2 Å². The lowest BCUT2D eigenvalue weighted by Gasteiger charge is -2.15. The zero-order chi connectivity index (χ0) is 16.9. The standard InChI is InChI=1S/C18H17N5O/c1-13(24)23(2)16-7-5-15(6-8-16)21-18-20-11-9-17(22-18)14-4-3-10-19-12-14/h3-12H,1-2H3,(H,20,21,22). The van der Waals surface area contributed by atoms with Crippen LogP contribution in [0.5, 0.6) is 0 Å². The van der Waals surface area contributed by atoms with Crippen LogP contribution < -0.4 is 10.2 Å². The number of rotatable bonds is 4. The molecule has 1 amide bonds. The molecule has 0 spiro atoms.